The molecule has 0 spiro atoms. The molecular formula is C24H19BrN2O4. The Morgan fingerprint density at radius 1 is 1.13 bits per heavy atom. The second kappa shape index (κ2) is 8.35. The number of hydrogen-bond donors (Lipinski definition) is 2. The van der Waals surface area contributed by atoms with Gasteiger partial charge < -0.3 is 15.1 Å². The van der Waals surface area contributed by atoms with Crippen molar-refractivity contribution in [2.45, 2.75) is 19.5 Å². The van der Waals surface area contributed by atoms with Gasteiger partial charge in [0.25, 0.3) is 11.7 Å². The summed E-state index contributed by atoms with van der Waals surface area (Å²) in [5.41, 5.74) is 2.71. The molecule has 0 saturated carbocycles. The molecule has 2 aromatic carbocycles. The number of aliphatic hydroxyl groups is 1. The van der Waals surface area contributed by atoms with Crippen molar-refractivity contribution in [3.63, 3.8) is 0 Å². The van der Waals surface area contributed by atoms with Gasteiger partial charge in [0.15, 0.2) is 0 Å². The third-order valence-corrected chi connectivity index (χ3v) is 6.15. The van der Waals surface area contributed by atoms with Gasteiger partial charge in [-0.05, 0) is 53.9 Å². The lowest BCUT2D eigenvalue weighted by Crippen LogP contribution is -2.29. The second-order valence-electron chi connectivity index (χ2n) is 7.34. The van der Waals surface area contributed by atoms with Gasteiger partial charge in [0, 0.05) is 29.0 Å². The molecule has 2 N–H and O–H groups in total. The van der Waals surface area contributed by atoms with Gasteiger partial charge in [-0.25, -0.2) is 0 Å². The lowest BCUT2D eigenvalue weighted by atomic mass is 9.94. The van der Waals surface area contributed by atoms with Crippen molar-refractivity contribution in [2.24, 2.45) is 0 Å². The number of pyridine rings is 1. The Kier molecular flexibility index (Phi) is 5.61. The van der Waals surface area contributed by atoms with Gasteiger partial charge in [-0.3, -0.25) is 14.6 Å². The Balaban J connectivity index is 1.87. The number of aryl methyl sites for hydroxylation is 1. The minimum atomic E-state index is -0.801. The number of carbonyl (C=O) groups is 2. The Morgan fingerprint density at radius 2 is 1.87 bits per heavy atom. The maximum Gasteiger partial charge on any atom is 0.295 e. The molecule has 0 radical (unpaired) electrons. The van der Waals surface area contributed by atoms with E-state index in [1.54, 1.807) is 48.8 Å². The summed E-state index contributed by atoms with van der Waals surface area (Å²) >= 11 is 3.43. The van der Waals surface area contributed by atoms with Crippen LogP contribution in [0.3, 0.4) is 0 Å². The number of aliphatic hydroxyl groups excluding tert-OH is 1. The summed E-state index contributed by atoms with van der Waals surface area (Å²) in [7, 11) is 0. The van der Waals surface area contributed by atoms with Crippen molar-refractivity contribution in [3.05, 3.63) is 99.3 Å². The first-order chi connectivity index (χ1) is 14.9. The number of amides is 1. The summed E-state index contributed by atoms with van der Waals surface area (Å²) in [5, 5.41) is 20.8. The van der Waals surface area contributed by atoms with Crippen LogP contribution in [0.2, 0.25) is 0 Å². The number of phenolic OH excluding ortho intramolecular Hbond substituents is 1. The monoisotopic (exact) mass is 478 g/mol. The van der Waals surface area contributed by atoms with E-state index in [9.17, 15) is 19.8 Å². The van der Waals surface area contributed by atoms with Crippen molar-refractivity contribution in [1.29, 1.82) is 0 Å². The number of aromatic hydroxyl groups is 1. The number of halogens is 1. The van der Waals surface area contributed by atoms with Crippen LogP contribution in [0.15, 0.2) is 77.0 Å². The topological polar surface area (TPSA) is 90.7 Å². The standard InChI is InChI=1S/C24H19BrN2O4/c1-14-11-17(6-9-19(14)25)22(29)20-21(16-4-7-18(28)8-5-16)27(24(31)23(20)30)13-15-3-2-10-26-12-15/h2-12,21,28-29H,13H2,1H3/b22-20-. The normalized spacial score (nSPS) is 17.9. The molecule has 156 valence electrons. The predicted octanol–water partition coefficient (Wildman–Crippen LogP) is 4.48. The second-order valence-corrected chi connectivity index (χ2v) is 8.20. The molecule has 1 saturated heterocycles. The van der Waals surface area contributed by atoms with Gasteiger partial charge in [-0.1, -0.05) is 40.2 Å². The van der Waals surface area contributed by atoms with E-state index in [2.05, 4.69) is 20.9 Å². The molecule has 1 atom stereocenters. The largest absolute Gasteiger partial charge is 0.508 e. The van der Waals surface area contributed by atoms with Crippen LogP contribution in [0, 0.1) is 6.92 Å². The van der Waals surface area contributed by atoms with Crippen LogP contribution in [0.4, 0.5) is 0 Å². The molecule has 0 bridgehead atoms. The van der Waals surface area contributed by atoms with E-state index in [-0.39, 0.29) is 23.6 Å². The molecule has 1 fully saturated rings. The molecule has 1 aromatic heterocycles. The van der Waals surface area contributed by atoms with Crippen LogP contribution in [-0.2, 0) is 16.1 Å². The van der Waals surface area contributed by atoms with Crippen LogP contribution in [0.1, 0.15) is 28.3 Å². The summed E-state index contributed by atoms with van der Waals surface area (Å²) in [4.78, 5) is 31.5. The number of hydrogen-bond acceptors (Lipinski definition) is 5. The molecule has 4 rings (SSSR count). The number of nitrogens with zero attached hydrogens (tertiary/aromatic N) is 2. The molecule has 31 heavy (non-hydrogen) atoms. The number of Topliss-reactive ketones (excluding diaryl/α,β-unsaturated/α-hetero) is 1. The van der Waals surface area contributed by atoms with E-state index in [4.69, 9.17) is 0 Å². The van der Waals surface area contributed by atoms with E-state index in [1.807, 2.05) is 13.0 Å². The summed E-state index contributed by atoms with van der Waals surface area (Å²) in [6.45, 7) is 2.03. The lowest BCUT2D eigenvalue weighted by molar-refractivity contribution is -0.140. The molecule has 1 amide bonds. The summed E-state index contributed by atoms with van der Waals surface area (Å²) in [5.74, 6) is -1.62. The quantitative estimate of drug-likeness (QED) is 0.327. The molecule has 2 heterocycles. The van der Waals surface area contributed by atoms with Gasteiger partial charge in [0.05, 0.1) is 11.6 Å². The first-order valence-corrected chi connectivity index (χ1v) is 10.4. The third kappa shape index (κ3) is 3.96. The fourth-order valence-electron chi connectivity index (χ4n) is 3.68. The Labute approximate surface area is 187 Å². The van der Waals surface area contributed by atoms with Crippen molar-refractivity contribution < 1.29 is 19.8 Å². The molecule has 3 aromatic rings. The number of rotatable bonds is 4. The van der Waals surface area contributed by atoms with E-state index in [0.29, 0.717) is 11.1 Å². The Bertz CT molecular complexity index is 1190. The molecule has 7 heteroatoms. The summed E-state index contributed by atoms with van der Waals surface area (Å²) < 4.78 is 0.871. The van der Waals surface area contributed by atoms with E-state index in [0.717, 1.165) is 15.6 Å². The van der Waals surface area contributed by atoms with Crippen LogP contribution in [0.25, 0.3) is 5.76 Å². The minimum Gasteiger partial charge on any atom is -0.508 e. The molecule has 1 aliphatic heterocycles. The number of phenols is 1. The zero-order valence-corrected chi connectivity index (χ0v) is 18.2. The van der Waals surface area contributed by atoms with Crippen molar-refractivity contribution >= 4 is 33.4 Å². The Morgan fingerprint density at radius 3 is 2.52 bits per heavy atom. The number of ketones is 1. The number of benzene rings is 2. The first-order valence-electron chi connectivity index (χ1n) is 9.59. The van der Waals surface area contributed by atoms with Crippen LogP contribution >= 0.6 is 15.9 Å². The van der Waals surface area contributed by atoms with Gasteiger partial charge in [-0.2, -0.15) is 0 Å². The number of aromatic nitrogens is 1. The average molecular weight is 479 g/mol. The zero-order valence-electron chi connectivity index (χ0n) is 16.6. The highest BCUT2D eigenvalue weighted by Gasteiger charge is 2.46. The number of likely N-dealkylation sites (tertiary alicyclic amines) is 1. The fraction of sp³-hybridized carbons (Fsp3) is 0.125. The number of carbonyl (C=O) groups excluding carboxylic acids is 2. The zero-order chi connectivity index (χ0) is 22.1. The van der Waals surface area contributed by atoms with Crippen molar-refractivity contribution in [3.8, 4) is 5.75 Å². The van der Waals surface area contributed by atoms with E-state index < -0.39 is 17.7 Å². The molecular weight excluding hydrogens is 460 g/mol. The lowest BCUT2D eigenvalue weighted by Gasteiger charge is -2.25. The minimum absolute atomic E-state index is 0.0151. The van der Waals surface area contributed by atoms with Crippen molar-refractivity contribution in [2.75, 3.05) is 0 Å². The first kappa shape index (κ1) is 20.8. The van der Waals surface area contributed by atoms with Gasteiger partial charge in [0.1, 0.15) is 11.5 Å². The SMILES string of the molecule is Cc1cc(/C(O)=C2/C(=O)C(=O)N(Cc3cccnc3)C2c2ccc(O)cc2)ccc1Br. The van der Waals surface area contributed by atoms with Gasteiger partial charge in [-0.15, -0.1) is 0 Å². The van der Waals surface area contributed by atoms with Gasteiger partial charge in [0.2, 0.25) is 0 Å². The van der Waals surface area contributed by atoms with Crippen LogP contribution in [-0.4, -0.2) is 31.8 Å². The predicted molar refractivity (Wildman–Crippen MR) is 119 cm³/mol. The highest BCUT2D eigenvalue weighted by molar-refractivity contribution is 9.10. The highest BCUT2D eigenvalue weighted by atomic mass is 79.9. The maximum atomic E-state index is 13.0. The summed E-state index contributed by atoms with van der Waals surface area (Å²) in [6.07, 6.45) is 3.26. The smallest absolute Gasteiger partial charge is 0.295 e. The van der Waals surface area contributed by atoms with Crippen LogP contribution < -0.4 is 0 Å². The van der Waals surface area contributed by atoms with E-state index in [1.165, 1.54) is 17.0 Å². The van der Waals surface area contributed by atoms with E-state index >= 15 is 0 Å². The molecule has 1 aliphatic rings. The van der Waals surface area contributed by atoms with Gasteiger partial charge >= 0.3 is 0 Å². The van der Waals surface area contributed by atoms with Crippen molar-refractivity contribution in [1.82, 2.24) is 9.88 Å². The fourth-order valence-corrected chi connectivity index (χ4v) is 3.93. The maximum absolute atomic E-state index is 13.0. The molecule has 0 aliphatic carbocycles. The average Bonchev–Trinajstić information content (AvgIpc) is 3.01. The van der Waals surface area contributed by atoms with Crippen LogP contribution in [0.5, 0.6) is 5.75 Å². The summed E-state index contributed by atoms with van der Waals surface area (Å²) in [6, 6.07) is 14.3. The third-order valence-electron chi connectivity index (χ3n) is 5.26. The molecule has 6 nitrogen and oxygen atoms in total. The highest BCUT2D eigenvalue weighted by Crippen LogP contribution is 2.40. The molecule has 1 unspecified atom stereocenters. The Hall–Kier alpha value is -3.45.